The van der Waals surface area contributed by atoms with Gasteiger partial charge in [-0.2, -0.15) is 0 Å². The van der Waals surface area contributed by atoms with Gasteiger partial charge in [0.15, 0.2) is 5.13 Å². The molecule has 130 valence electrons. The number of rotatable bonds is 5. The Morgan fingerprint density at radius 2 is 1.64 bits per heavy atom. The maximum atomic E-state index is 12.8. The molecule has 1 N–H and O–H groups in total. The van der Waals surface area contributed by atoms with E-state index >= 15 is 0 Å². The predicted octanol–water partition coefficient (Wildman–Crippen LogP) is 3.88. The summed E-state index contributed by atoms with van der Waals surface area (Å²) >= 11 is 1.40. The first-order valence-corrected chi connectivity index (χ1v) is 8.37. The van der Waals surface area contributed by atoms with Gasteiger partial charge in [-0.05, 0) is 30.7 Å². The van der Waals surface area contributed by atoms with E-state index in [0.29, 0.717) is 27.9 Å². The summed E-state index contributed by atoms with van der Waals surface area (Å²) in [6.07, 6.45) is 0. The number of anilines is 1. The zero-order chi connectivity index (χ0) is 18.0. The van der Waals surface area contributed by atoms with E-state index in [1.54, 1.807) is 25.3 Å². The molecule has 1 amide bonds. The Morgan fingerprint density at radius 3 is 2.24 bits per heavy atom. The molecule has 0 unspecified atom stereocenters. The number of hydrogen-bond acceptors (Lipinski definition) is 6. The van der Waals surface area contributed by atoms with Crippen molar-refractivity contribution in [1.82, 2.24) is 4.98 Å². The van der Waals surface area contributed by atoms with Crippen LogP contribution in [0.15, 0.2) is 30.3 Å². The van der Waals surface area contributed by atoms with Crippen LogP contribution < -0.4 is 19.5 Å². The highest BCUT2D eigenvalue weighted by Gasteiger charge is 2.20. The maximum absolute atomic E-state index is 12.8. The molecule has 25 heavy (non-hydrogen) atoms. The normalized spacial score (nSPS) is 10.6. The lowest BCUT2D eigenvalue weighted by molar-refractivity contribution is 0.102. The summed E-state index contributed by atoms with van der Waals surface area (Å²) in [6.45, 7) is 1.99. The van der Waals surface area contributed by atoms with Crippen molar-refractivity contribution in [2.45, 2.75) is 6.92 Å². The molecule has 1 heterocycles. The SMILES string of the molecule is COc1cccc(OC)c1C(=O)Nc1nc2c(OC)ccc(C)c2s1. The Labute approximate surface area is 149 Å². The van der Waals surface area contributed by atoms with Crippen LogP contribution in [0.4, 0.5) is 5.13 Å². The average molecular weight is 358 g/mol. The Kier molecular flexibility index (Phi) is 4.76. The minimum atomic E-state index is -0.343. The number of methoxy groups -OCH3 is 3. The minimum absolute atomic E-state index is 0.329. The quantitative estimate of drug-likeness (QED) is 0.749. The van der Waals surface area contributed by atoms with Gasteiger partial charge in [0.1, 0.15) is 28.3 Å². The molecule has 7 heteroatoms. The largest absolute Gasteiger partial charge is 0.496 e. The smallest absolute Gasteiger partial charge is 0.265 e. The first-order chi connectivity index (χ1) is 12.1. The fourth-order valence-corrected chi connectivity index (χ4v) is 3.51. The molecule has 1 aromatic heterocycles. The molecule has 0 saturated carbocycles. The third kappa shape index (κ3) is 3.10. The molecule has 0 bridgehead atoms. The van der Waals surface area contributed by atoms with Gasteiger partial charge in [0.2, 0.25) is 0 Å². The van der Waals surface area contributed by atoms with E-state index in [9.17, 15) is 4.79 Å². The molecule has 0 aliphatic rings. The number of benzene rings is 2. The highest BCUT2D eigenvalue weighted by atomic mass is 32.1. The van der Waals surface area contributed by atoms with Crippen LogP contribution in [0, 0.1) is 6.92 Å². The Hall–Kier alpha value is -2.80. The van der Waals surface area contributed by atoms with Crippen LogP contribution in [0.5, 0.6) is 17.2 Å². The Morgan fingerprint density at radius 1 is 1.00 bits per heavy atom. The summed E-state index contributed by atoms with van der Waals surface area (Å²) in [5, 5.41) is 3.32. The molecule has 0 aliphatic carbocycles. The van der Waals surface area contributed by atoms with Crippen LogP contribution in [0.2, 0.25) is 0 Å². The zero-order valence-corrected chi connectivity index (χ0v) is 15.2. The van der Waals surface area contributed by atoms with Gasteiger partial charge >= 0.3 is 0 Å². The van der Waals surface area contributed by atoms with Gasteiger partial charge in [-0.25, -0.2) is 4.98 Å². The van der Waals surface area contributed by atoms with Gasteiger partial charge in [0, 0.05) is 0 Å². The number of aryl methyl sites for hydroxylation is 1. The van der Waals surface area contributed by atoms with Crippen LogP contribution in [-0.4, -0.2) is 32.2 Å². The number of nitrogens with one attached hydrogen (secondary N) is 1. The molecule has 0 saturated heterocycles. The molecule has 0 radical (unpaired) electrons. The van der Waals surface area contributed by atoms with E-state index in [-0.39, 0.29) is 5.91 Å². The summed E-state index contributed by atoms with van der Waals surface area (Å²) in [6, 6.07) is 9.02. The van der Waals surface area contributed by atoms with Crippen molar-refractivity contribution in [2.75, 3.05) is 26.6 Å². The van der Waals surface area contributed by atoms with Crippen molar-refractivity contribution in [3.8, 4) is 17.2 Å². The molecule has 3 aromatic rings. The Bertz CT molecular complexity index is 914. The second kappa shape index (κ2) is 6.98. The van der Waals surface area contributed by atoms with Crippen LogP contribution >= 0.6 is 11.3 Å². The first-order valence-electron chi connectivity index (χ1n) is 7.55. The molecule has 6 nitrogen and oxygen atoms in total. The summed E-state index contributed by atoms with van der Waals surface area (Å²) < 4.78 is 16.9. The zero-order valence-electron chi connectivity index (χ0n) is 14.4. The van der Waals surface area contributed by atoms with E-state index in [4.69, 9.17) is 14.2 Å². The van der Waals surface area contributed by atoms with E-state index in [2.05, 4.69) is 10.3 Å². The van der Waals surface area contributed by atoms with Gasteiger partial charge < -0.3 is 14.2 Å². The number of aromatic nitrogens is 1. The second-order valence-electron chi connectivity index (χ2n) is 5.27. The van der Waals surface area contributed by atoms with Crippen LogP contribution in [-0.2, 0) is 0 Å². The monoisotopic (exact) mass is 358 g/mol. The van der Waals surface area contributed by atoms with Crippen molar-refractivity contribution < 1.29 is 19.0 Å². The lowest BCUT2D eigenvalue weighted by Gasteiger charge is -2.11. The fourth-order valence-electron chi connectivity index (χ4n) is 2.56. The van der Waals surface area contributed by atoms with Gasteiger partial charge in [-0.3, -0.25) is 10.1 Å². The lowest BCUT2D eigenvalue weighted by atomic mass is 10.1. The standard InChI is InChI=1S/C18H18N2O4S/c1-10-8-9-13(24-4)15-16(10)25-18(19-15)20-17(21)14-11(22-2)6-5-7-12(14)23-3/h5-9H,1-4H3,(H,19,20,21). The van der Waals surface area contributed by atoms with E-state index in [0.717, 1.165) is 15.8 Å². The number of ether oxygens (including phenoxy) is 3. The number of nitrogens with zero attached hydrogens (tertiary/aromatic N) is 1. The molecule has 0 atom stereocenters. The average Bonchev–Trinajstić information content (AvgIpc) is 3.05. The maximum Gasteiger partial charge on any atom is 0.265 e. The van der Waals surface area contributed by atoms with Gasteiger partial charge in [-0.15, -0.1) is 0 Å². The fraction of sp³-hybridized carbons (Fsp3) is 0.222. The van der Waals surface area contributed by atoms with Gasteiger partial charge in [-0.1, -0.05) is 23.5 Å². The summed E-state index contributed by atoms with van der Waals surface area (Å²) in [7, 11) is 4.62. The van der Waals surface area contributed by atoms with Crippen LogP contribution in [0.3, 0.4) is 0 Å². The number of fused-ring (bicyclic) bond motifs is 1. The molecule has 0 spiro atoms. The van der Waals surface area contributed by atoms with E-state index < -0.39 is 0 Å². The van der Waals surface area contributed by atoms with E-state index in [1.807, 2.05) is 19.1 Å². The predicted molar refractivity (Wildman–Crippen MR) is 98.4 cm³/mol. The lowest BCUT2D eigenvalue weighted by Crippen LogP contribution is -2.14. The molecular weight excluding hydrogens is 340 g/mol. The van der Waals surface area contributed by atoms with Crippen LogP contribution in [0.1, 0.15) is 15.9 Å². The van der Waals surface area contributed by atoms with Crippen molar-refractivity contribution in [1.29, 1.82) is 0 Å². The number of amides is 1. The molecular formula is C18H18N2O4S. The molecule has 3 rings (SSSR count). The van der Waals surface area contributed by atoms with Crippen molar-refractivity contribution >= 4 is 32.6 Å². The third-order valence-corrected chi connectivity index (χ3v) is 4.90. The highest BCUT2D eigenvalue weighted by molar-refractivity contribution is 7.22. The first kappa shape index (κ1) is 17.0. The van der Waals surface area contributed by atoms with Crippen molar-refractivity contribution in [3.63, 3.8) is 0 Å². The third-order valence-electron chi connectivity index (χ3n) is 3.80. The minimum Gasteiger partial charge on any atom is -0.496 e. The number of thiazole rings is 1. The summed E-state index contributed by atoms with van der Waals surface area (Å²) in [4.78, 5) is 17.3. The van der Waals surface area contributed by atoms with Crippen LogP contribution in [0.25, 0.3) is 10.2 Å². The number of carbonyl (C=O) groups is 1. The molecule has 2 aromatic carbocycles. The number of hydrogen-bond donors (Lipinski definition) is 1. The summed E-state index contributed by atoms with van der Waals surface area (Å²) in [5.74, 6) is 1.20. The van der Waals surface area contributed by atoms with Crippen molar-refractivity contribution in [2.24, 2.45) is 0 Å². The topological polar surface area (TPSA) is 69.7 Å². The Balaban J connectivity index is 2.00. The summed E-state index contributed by atoms with van der Waals surface area (Å²) in [5.41, 5.74) is 2.13. The number of carbonyl (C=O) groups excluding carboxylic acids is 1. The van der Waals surface area contributed by atoms with E-state index in [1.165, 1.54) is 25.6 Å². The highest BCUT2D eigenvalue weighted by Crippen LogP contribution is 2.36. The molecule has 0 aliphatic heterocycles. The van der Waals surface area contributed by atoms with Crippen molar-refractivity contribution in [3.05, 3.63) is 41.5 Å². The second-order valence-corrected chi connectivity index (χ2v) is 6.27. The van der Waals surface area contributed by atoms with Gasteiger partial charge in [0.25, 0.3) is 5.91 Å². The van der Waals surface area contributed by atoms with Gasteiger partial charge in [0.05, 0.1) is 26.0 Å². The molecule has 0 fully saturated rings.